The molecule has 0 saturated carbocycles. The molecule has 0 N–H and O–H groups in total. The van der Waals surface area contributed by atoms with Crippen molar-refractivity contribution in [1.29, 1.82) is 0 Å². The van der Waals surface area contributed by atoms with E-state index in [1.807, 2.05) is 0 Å². The van der Waals surface area contributed by atoms with Crippen LogP contribution in [0.5, 0.6) is 0 Å². The molecule has 7 heteroatoms. The van der Waals surface area contributed by atoms with E-state index in [4.69, 9.17) is 0 Å². The Hall–Kier alpha value is -2.41. The van der Waals surface area contributed by atoms with Gasteiger partial charge in [0.2, 0.25) is 5.91 Å². The van der Waals surface area contributed by atoms with Crippen molar-refractivity contribution >= 4 is 29.0 Å². The average Bonchev–Trinajstić information content (AvgIpc) is 2.90. The van der Waals surface area contributed by atoms with Gasteiger partial charge in [-0.25, -0.2) is 0 Å². The molecule has 0 radical (unpaired) electrons. The van der Waals surface area contributed by atoms with Crippen LogP contribution in [0.3, 0.4) is 0 Å². The largest absolute Gasteiger partial charge is 0.293 e. The standard InChI is InChI=1S/C14H11N3O3S/c18-13-9-21-14(16(13)12-5-2-6-15-8-12)10-3-1-4-11(7-10)17(19)20/h1-8,14H,9H2. The summed E-state index contributed by atoms with van der Waals surface area (Å²) in [7, 11) is 0. The molecule has 1 fully saturated rings. The lowest BCUT2D eigenvalue weighted by Gasteiger charge is -2.23. The second-order valence-corrected chi connectivity index (χ2v) is 5.56. The van der Waals surface area contributed by atoms with Crippen molar-refractivity contribution in [2.24, 2.45) is 0 Å². The van der Waals surface area contributed by atoms with Gasteiger partial charge in [-0.3, -0.25) is 24.8 Å². The van der Waals surface area contributed by atoms with Gasteiger partial charge in [0.25, 0.3) is 5.69 Å². The molecule has 3 rings (SSSR count). The Labute approximate surface area is 124 Å². The van der Waals surface area contributed by atoms with Gasteiger partial charge < -0.3 is 0 Å². The Bertz CT molecular complexity index is 693. The zero-order chi connectivity index (χ0) is 14.8. The summed E-state index contributed by atoms with van der Waals surface area (Å²) in [6.07, 6.45) is 3.26. The van der Waals surface area contributed by atoms with E-state index in [-0.39, 0.29) is 17.0 Å². The van der Waals surface area contributed by atoms with Crippen LogP contribution in [0.25, 0.3) is 0 Å². The van der Waals surface area contributed by atoms with Crippen molar-refractivity contribution in [3.05, 3.63) is 64.5 Å². The molecule has 0 bridgehead atoms. The Morgan fingerprint density at radius 3 is 2.90 bits per heavy atom. The first-order valence-corrected chi connectivity index (χ1v) is 7.30. The third-order valence-corrected chi connectivity index (χ3v) is 4.37. The molecule has 1 unspecified atom stereocenters. The highest BCUT2D eigenvalue weighted by Gasteiger charge is 2.34. The van der Waals surface area contributed by atoms with Crippen molar-refractivity contribution < 1.29 is 9.72 Å². The van der Waals surface area contributed by atoms with Gasteiger partial charge in [0.15, 0.2) is 0 Å². The fourth-order valence-electron chi connectivity index (χ4n) is 2.24. The monoisotopic (exact) mass is 301 g/mol. The van der Waals surface area contributed by atoms with Gasteiger partial charge in [0, 0.05) is 18.3 Å². The maximum Gasteiger partial charge on any atom is 0.269 e. The van der Waals surface area contributed by atoms with Crippen LogP contribution >= 0.6 is 11.8 Å². The highest BCUT2D eigenvalue weighted by Crippen LogP contribution is 2.42. The van der Waals surface area contributed by atoms with Crippen LogP contribution < -0.4 is 4.90 Å². The molecule has 1 saturated heterocycles. The molecule has 1 amide bonds. The van der Waals surface area contributed by atoms with Gasteiger partial charge in [0.1, 0.15) is 5.37 Å². The van der Waals surface area contributed by atoms with Crippen molar-refractivity contribution in [2.75, 3.05) is 10.7 Å². The number of anilines is 1. The van der Waals surface area contributed by atoms with Gasteiger partial charge >= 0.3 is 0 Å². The molecule has 0 aliphatic carbocycles. The van der Waals surface area contributed by atoms with Crippen molar-refractivity contribution in [1.82, 2.24) is 4.98 Å². The molecule has 21 heavy (non-hydrogen) atoms. The van der Waals surface area contributed by atoms with Crippen LogP contribution in [0, 0.1) is 10.1 Å². The smallest absolute Gasteiger partial charge is 0.269 e. The third kappa shape index (κ3) is 2.59. The third-order valence-electron chi connectivity index (χ3n) is 3.16. The topological polar surface area (TPSA) is 76.3 Å². The zero-order valence-corrected chi connectivity index (χ0v) is 11.7. The number of pyridine rings is 1. The predicted octanol–water partition coefficient (Wildman–Crippen LogP) is 2.77. The Balaban J connectivity index is 1.99. The number of carbonyl (C=O) groups is 1. The summed E-state index contributed by atoms with van der Waals surface area (Å²) in [5.41, 5.74) is 1.46. The number of rotatable bonds is 3. The summed E-state index contributed by atoms with van der Waals surface area (Å²) >= 11 is 1.45. The summed E-state index contributed by atoms with van der Waals surface area (Å²) < 4.78 is 0. The van der Waals surface area contributed by atoms with E-state index in [1.165, 1.54) is 23.9 Å². The number of aromatic nitrogens is 1. The lowest BCUT2D eigenvalue weighted by molar-refractivity contribution is -0.384. The summed E-state index contributed by atoms with van der Waals surface area (Å²) in [4.78, 5) is 28.2. The minimum absolute atomic E-state index is 0.0236. The SMILES string of the molecule is O=C1CSC(c2cccc([N+](=O)[O-])c2)N1c1cccnc1. The number of hydrogen-bond acceptors (Lipinski definition) is 5. The number of nitro benzene ring substituents is 1. The first-order valence-electron chi connectivity index (χ1n) is 6.25. The Morgan fingerprint density at radius 1 is 1.33 bits per heavy atom. The van der Waals surface area contributed by atoms with Crippen molar-refractivity contribution in [2.45, 2.75) is 5.37 Å². The number of thioether (sulfide) groups is 1. The van der Waals surface area contributed by atoms with Gasteiger partial charge in [-0.2, -0.15) is 0 Å². The van der Waals surface area contributed by atoms with E-state index in [1.54, 1.807) is 41.6 Å². The Kier molecular flexibility index (Phi) is 3.57. The first kappa shape index (κ1) is 13.6. The molecule has 1 aromatic carbocycles. The highest BCUT2D eigenvalue weighted by molar-refractivity contribution is 8.00. The molecule has 106 valence electrons. The lowest BCUT2D eigenvalue weighted by atomic mass is 10.1. The number of amides is 1. The van der Waals surface area contributed by atoms with Crippen LogP contribution in [0.1, 0.15) is 10.9 Å². The van der Waals surface area contributed by atoms with E-state index < -0.39 is 4.92 Å². The second kappa shape index (κ2) is 5.53. The first-order chi connectivity index (χ1) is 10.2. The molecule has 2 aromatic rings. The number of nitrogens with zero attached hydrogens (tertiary/aromatic N) is 3. The number of non-ortho nitro benzene ring substituents is 1. The zero-order valence-electron chi connectivity index (χ0n) is 10.9. The van der Waals surface area contributed by atoms with E-state index in [0.29, 0.717) is 11.4 Å². The van der Waals surface area contributed by atoms with E-state index in [2.05, 4.69) is 4.98 Å². The average molecular weight is 301 g/mol. The quantitative estimate of drug-likeness (QED) is 0.643. The van der Waals surface area contributed by atoms with Gasteiger partial charge in [-0.15, -0.1) is 11.8 Å². The molecular formula is C14H11N3O3S. The highest BCUT2D eigenvalue weighted by atomic mass is 32.2. The summed E-state index contributed by atoms with van der Waals surface area (Å²) in [5.74, 6) is 0.326. The van der Waals surface area contributed by atoms with Crippen LogP contribution in [-0.2, 0) is 4.79 Å². The van der Waals surface area contributed by atoms with Crippen LogP contribution in [0.4, 0.5) is 11.4 Å². The van der Waals surface area contributed by atoms with Gasteiger partial charge in [-0.05, 0) is 17.7 Å². The maximum atomic E-state index is 12.1. The Morgan fingerprint density at radius 2 is 2.19 bits per heavy atom. The molecule has 2 heterocycles. The second-order valence-electron chi connectivity index (χ2n) is 4.49. The maximum absolute atomic E-state index is 12.1. The molecule has 1 aliphatic heterocycles. The molecular weight excluding hydrogens is 290 g/mol. The molecule has 0 spiro atoms. The fourth-order valence-corrected chi connectivity index (χ4v) is 3.40. The number of benzene rings is 1. The number of nitro groups is 1. The fraction of sp³-hybridized carbons (Fsp3) is 0.143. The molecule has 6 nitrogen and oxygen atoms in total. The lowest BCUT2D eigenvalue weighted by Crippen LogP contribution is -2.27. The van der Waals surface area contributed by atoms with E-state index in [9.17, 15) is 14.9 Å². The summed E-state index contributed by atoms with van der Waals surface area (Å²) in [6, 6.07) is 9.96. The van der Waals surface area contributed by atoms with E-state index >= 15 is 0 Å². The van der Waals surface area contributed by atoms with Gasteiger partial charge in [-0.1, -0.05) is 12.1 Å². The normalized spacial score (nSPS) is 18.0. The molecule has 1 atom stereocenters. The minimum Gasteiger partial charge on any atom is -0.293 e. The minimum atomic E-state index is -0.431. The summed E-state index contributed by atoms with van der Waals surface area (Å²) in [6.45, 7) is 0. The molecule has 1 aliphatic rings. The number of carbonyl (C=O) groups excluding carboxylic acids is 1. The predicted molar refractivity (Wildman–Crippen MR) is 80.0 cm³/mol. The molecule has 1 aromatic heterocycles. The van der Waals surface area contributed by atoms with Gasteiger partial charge in [0.05, 0.1) is 22.6 Å². The van der Waals surface area contributed by atoms with Crippen LogP contribution in [0.15, 0.2) is 48.8 Å². The number of hydrogen-bond donors (Lipinski definition) is 0. The summed E-state index contributed by atoms with van der Waals surface area (Å²) in [5, 5.41) is 10.6. The van der Waals surface area contributed by atoms with Crippen LogP contribution in [-0.4, -0.2) is 21.6 Å². The van der Waals surface area contributed by atoms with Crippen molar-refractivity contribution in [3.63, 3.8) is 0 Å². The van der Waals surface area contributed by atoms with Crippen molar-refractivity contribution in [3.8, 4) is 0 Å². The van der Waals surface area contributed by atoms with E-state index in [0.717, 1.165) is 5.56 Å². The van der Waals surface area contributed by atoms with Crippen LogP contribution in [0.2, 0.25) is 0 Å².